The molecule has 19 heavy (non-hydrogen) atoms. The van der Waals surface area contributed by atoms with E-state index >= 15 is 0 Å². The lowest BCUT2D eigenvalue weighted by Crippen LogP contribution is -2.49. The fourth-order valence-corrected chi connectivity index (χ4v) is 2.70. The Kier molecular flexibility index (Phi) is 3.74. The molecule has 0 bridgehead atoms. The molecule has 0 unspecified atom stereocenters. The molecule has 0 saturated heterocycles. The van der Waals surface area contributed by atoms with Crippen LogP contribution in [-0.2, 0) is 10.3 Å². The first-order chi connectivity index (χ1) is 9.02. The molecule has 2 heteroatoms. The Hall–Kier alpha value is -1.64. The molecule has 2 aromatic carbocycles. The standard InChI is InChI=1S/C17H20O2/c1-16(2,18)17(19-3,14-10-6-4-7-11-14)15-12-8-5-9-13-15/h4-13,18H,1-3H3. The van der Waals surface area contributed by atoms with Crippen LogP contribution in [-0.4, -0.2) is 17.8 Å². The van der Waals surface area contributed by atoms with Gasteiger partial charge >= 0.3 is 0 Å². The molecule has 2 rings (SSSR count). The molecule has 0 radical (unpaired) electrons. The average Bonchev–Trinajstić information content (AvgIpc) is 2.41. The van der Waals surface area contributed by atoms with Crippen molar-refractivity contribution in [1.82, 2.24) is 0 Å². The SMILES string of the molecule is COC(c1ccccc1)(c1ccccc1)C(C)(C)O. The second-order valence-electron chi connectivity index (χ2n) is 5.18. The molecule has 0 aromatic heterocycles. The molecule has 0 spiro atoms. The highest BCUT2D eigenvalue weighted by molar-refractivity contribution is 5.39. The van der Waals surface area contributed by atoms with Crippen molar-refractivity contribution in [2.24, 2.45) is 0 Å². The fourth-order valence-electron chi connectivity index (χ4n) is 2.70. The van der Waals surface area contributed by atoms with Crippen LogP contribution < -0.4 is 0 Å². The van der Waals surface area contributed by atoms with Crippen molar-refractivity contribution in [3.8, 4) is 0 Å². The van der Waals surface area contributed by atoms with E-state index in [2.05, 4.69) is 0 Å². The van der Waals surface area contributed by atoms with E-state index in [-0.39, 0.29) is 0 Å². The van der Waals surface area contributed by atoms with Crippen LogP contribution in [0.2, 0.25) is 0 Å². The third kappa shape index (κ3) is 2.29. The Morgan fingerprint density at radius 3 is 1.42 bits per heavy atom. The lowest BCUT2D eigenvalue weighted by atomic mass is 9.74. The molecular formula is C17H20O2. The lowest BCUT2D eigenvalue weighted by molar-refractivity contribution is -0.132. The van der Waals surface area contributed by atoms with Crippen LogP contribution in [0.1, 0.15) is 25.0 Å². The summed E-state index contributed by atoms with van der Waals surface area (Å²) in [5, 5.41) is 10.7. The minimum atomic E-state index is -1.05. The average molecular weight is 256 g/mol. The first-order valence-corrected chi connectivity index (χ1v) is 6.41. The van der Waals surface area contributed by atoms with Crippen molar-refractivity contribution >= 4 is 0 Å². The zero-order chi connectivity index (χ0) is 13.9. The largest absolute Gasteiger partial charge is 0.387 e. The fraction of sp³-hybridized carbons (Fsp3) is 0.294. The van der Waals surface area contributed by atoms with E-state index in [1.54, 1.807) is 21.0 Å². The molecular weight excluding hydrogens is 236 g/mol. The quantitative estimate of drug-likeness (QED) is 0.909. The van der Waals surface area contributed by atoms with Gasteiger partial charge in [0.1, 0.15) is 5.60 Å². The van der Waals surface area contributed by atoms with Crippen LogP contribution in [0.5, 0.6) is 0 Å². The number of aliphatic hydroxyl groups is 1. The van der Waals surface area contributed by atoms with Crippen molar-refractivity contribution in [2.75, 3.05) is 7.11 Å². The van der Waals surface area contributed by atoms with Crippen LogP contribution in [0.25, 0.3) is 0 Å². The molecule has 2 nitrogen and oxygen atoms in total. The number of rotatable bonds is 4. The van der Waals surface area contributed by atoms with E-state index in [0.29, 0.717) is 0 Å². The predicted octanol–water partition coefficient (Wildman–Crippen LogP) is 3.35. The second kappa shape index (κ2) is 5.16. The highest BCUT2D eigenvalue weighted by Crippen LogP contribution is 2.42. The molecule has 0 fully saturated rings. The number of methoxy groups -OCH3 is 1. The molecule has 0 saturated carbocycles. The van der Waals surface area contributed by atoms with Gasteiger partial charge in [0, 0.05) is 7.11 Å². The molecule has 0 aliphatic rings. The number of hydrogen-bond donors (Lipinski definition) is 1. The summed E-state index contributed by atoms with van der Waals surface area (Å²) in [6.45, 7) is 3.55. The van der Waals surface area contributed by atoms with Gasteiger partial charge in [0.2, 0.25) is 0 Å². The van der Waals surface area contributed by atoms with E-state index in [1.807, 2.05) is 60.7 Å². The third-order valence-electron chi connectivity index (χ3n) is 3.53. The van der Waals surface area contributed by atoms with Gasteiger partial charge in [0.25, 0.3) is 0 Å². The van der Waals surface area contributed by atoms with Gasteiger partial charge in [-0.2, -0.15) is 0 Å². The summed E-state index contributed by atoms with van der Waals surface area (Å²) in [5.74, 6) is 0. The second-order valence-corrected chi connectivity index (χ2v) is 5.18. The minimum absolute atomic E-state index is 0.879. The molecule has 0 amide bonds. The molecule has 0 atom stereocenters. The van der Waals surface area contributed by atoms with Crippen molar-refractivity contribution in [1.29, 1.82) is 0 Å². The topological polar surface area (TPSA) is 29.5 Å². The predicted molar refractivity (Wildman–Crippen MR) is 77.0 cm³/mol. The molecule has 0 aliphatic carbocycles. The highest BCUT2D eigenvalue weighted by atomic mass is 16.5. The zero-order valence-corrected chi connectivity index (χ0v) is 11.6. The third-order valence-corrected chi connectivity index (χ3v) is 3.53. The Morgan fingerprint density at radius 1 is 0.789 bits per heavy atom. The van der Waals surface area contributed by atoms with Crippen LogP contribution in [0.3, 0.4) is 0 Å². The first-order valence-electron chi connectivity index (χ1n) is 6.41. The van der Waals surface area contributed by atoms with E-state index in [0.717, 1.165) is 11.1 Å². The van der Waals surface area contributed by atoms with E-state index < -0.39 is 11.2 Å². The Morgan fingerprint density at radius 2 is 1.16 bits per heavy atom. The monoisotopic (exact) mass is 256 g/mol. The summed E-state index contributed by atoms with van der Waals surface area (Å²) in [6.07, 6.45) is 0. The van der Waals surface area contributed by atoms with Crippen molar-refractivity contribution in [2.45, 2.75) is 25.0 Å². The van der Waals surface area contributed by atoms with Gasteiger partial charge in [0.15, 0.2) is 0 Å². The first kappa shape index (κ1) is 13.8. The van der Waals surface area contributed by atoms with Crippen LogP contribution in [0, 0.1) is 0 Å². The Labute approximate surface area is 114 Å². The van der Waals surface area contributed by atoms with Gasteiger partial charge in [-0.15, -0.1) is 0 Å². The van der Waals surface area contributed by atoms with Crippen LogP contribution in [0.15, 0.2) is 60.7 Å². The number of hydrogen-bond acceptors (Lipinski definition) is 2. The van der Waals surface area contributed by atoms with Crippen LogP contribution >= 0.6 is 0 Å². The smallest absolute Gasteiger partial charge is 0.146 e. The molecule has 2 aromatic rings. The lowest BCUT2D eigenvalue weighted by Gasteiger charge is -2.43. The summed E-state index contributed by atoms with van der Waals surface area (Å²) >= 11 is 0. The van der Waals surface area contributed by atoms with Gasteiger partial charge < -0.3 is 9.84 Å². The van der Waals surface area contributed by atoms with E-state index in [1.165, 1.54) is 0 Å². The minimum Gasteiger partial charge on any atom is -0.387 e. The van der Waals surface area contributed by atoms with E-state index in [9.17, 15) is 5.11 Å². The Bertz CT molecular complexity index is 472. The van der Waals surface area contributed by atoms with Gasteiger partial charge in [0.05, 0.1) is 5.60 Å². The maximum atomic E-state index is 10.7. The van der Waals surface area contributed by atoms with Gasteiger partial charge in [-0.25, -0.2) is 0 Å². The summed E-state index contributed by atoms with van der Waals surface area (Å²) in [4.78, 5) is 0. The Balaban J connectivity index is 2.70. The van der Waals surface area contributed by atoms with Crippen molar-refractivity contribution < 1.29 is 9.84 Å². The maximum Gasteiger partial charge on any atom is 0.146 e. The number of ether oxygens (including phenoxy) is 1. The van der Waals surface area contributed by atoms with Gasteiger partial charge in [-0.05, 0) is 25.0 Å². The zero-order valence-electron chi connectivity index (χ0n) is 11.6. The molecule has 1 N–H and O–H groups in total. The van der Waals surface area contributed by atoms with Crippen molar-refractivity contribution in [3.63, 3.8) is 0 Å². The van der Waals surface area contributed by atoms with Crippen molar-refractivity contribution in [3.05, 3.63) is 71.8 Å². The maximum absolute atomic E-state index is 10.7. The summed E-state index contributed by atoms with van der Waals surface area (Å²) < 4.78 is 5.82. The molecule has 100 valence electrons. The highest BCUT2D eigenvalue weighted by Gasteiger charge is 2.47. The molecule has 0 heterocycles. The van der Waals surface area contributed by atoms with Gasteiger partial charge in [-0.1, -0.05) is 60.7 Å². The molecule has 0 aliphatic heterocycles. The summed E-state index contributed by atoms with van der Waals surface area (Å²) in [7, 11) is 1.64. The summed E-state index contributed by atoms with van der Waals surface area (Å²) in [5.41, 5.74) is -0.0487. The normalized spacial score (nSPS) is 12.4. The summed E-state index contributed by atoms with van der Waals surface area (Å²) in [6, 6.07) is 19.7. The number of benzene rings is 2. The van der Waals surface area contributed by atoms with E-state index in [4.69, 9.17) is 4.74 Å². The van der Waals surface area contributed by atoms with Crippen LogP contribution in [0.4, 0.5) is 0 Å². The van der Waals surface area contributed by atoms with Gasteiger partial charge in [-0.3, -0.25) is 0 Å².